The van der Waals surface area contributed by atoms with Crippen LogP contribution in [0, 0.1) is 11.8 Å². The molecular formula is C25H24N4O4. The van der Waals surface area contributed by atoms with E-state index in [1.54, 1.807) is 37.0 Å². The molecule has 0 spiro atoms. The molecule has 0 bridgehead atoms. The number of benzene rings is 1. The van der Waals surface area contributed by atoms with Crippen LogP contribution in [0.15, 0.2) is 48.7 Å². The lowest BCUT2D eigenvalue weighted by atomic mass is 10.0. The zero-order chi connectivity index (χ0) is 23.6. The Kier molecular flexibility index (Phi) is 5.99. The molecule has 168 valence electrons. The number of hydrogen-bond acceptors (Lipinski definition) is 6. The largest absolute Gasteiger partial charge is 0.461 e. The number of likely N-dealkylation sites (N-methyl/N-ethyl adjacent to an activating group) is 1. The van der Waals surface area contributed by atoms with Crippen molar-refractivity contribution >= 4 is 11.9 Å². The molecule has 8 heteroatoms. The van der Waals surface area contributed by atoms with E-state index in [9.17, 15) is 14.7 Å². The first-order valence-electron chi connectivity index (χ1n) is 10.6. The number of rotatable bonds is 4. The molecule has 4 rings (SSSR count). The van der Waals surface area contributed by atoms with Gasteiger partial charge in [0, 0.05) is 49.9 Å². The predicted molar refractivity (Wildman–Crippen MR) is 122 cm³/mol. The average Bonchev–Trinajstić information content (AvgIpc) is 3.36. The van der Waals surface area contributed by atoms with Gasteiger partial charge in [0.2, 0.25) is 5.60 Å². The maximum Gasteiger partial charge on any atom is 0.356 e. The molecule has 0 aliphatic carbocycles. The number of esters is 1. The van der Waals surface area contributed by atoms with E-state index in [4.69, 9.17) is 4.74 Å². The SMILES string of the molecule is CCOC(=O)c1cc(-c2ccnn2C)cc(-c2cccc(C#C[C@]3(O)CCN(C)C3=O)c2)n1. The van der Waals surface area contributed by atoms with Crippen molar-refractivity contribution in [3.8, 4) is 34.4 Å². The Morgan fingerprint density at radius 3 is 2.70 bits per heavy atom. The number of carbonyl (C=O) groups excluding carboxylic acids is 2. The van der Waals surface area contributed by atoms with Gasteiger partial charge in [-0.3, -0.25) is 9.48 Å². The van der Waals surface area contributed by atoms with Gasteiger partial charge in [-0.1, -0.05) is 24.0 Å². The highest BCUT2D eigenvalue weighted by atomic mass is 16.5. The van der Waals surface area contributed by atoms with Gasteiger partial charge in [0.25, 0.3) is 5.91 Å². The summed E-state index contributed by atoms with van der Waals surface area (Å²) in [7, 11) is 3.47. The first-order chi connectivity index (χ1) is 15.8. The normalized spacial score (nSPS) is 17.6. The lowest BCUT2D eigenvalue weighted by Crippen LogP contribution is -2.37. The second-order valence-corrected chi connectivity index (χ2v) is 7.85. The number of pyridine rings is 1. The molecule has 0 radical (unpaired) electrons. The van der Waals surface area contributed by atoms with E-state index in [1.807, 2.05) is 37.4 Å². The quantitative estimate of drug-likeness (QED) is 0.490. The monoisotopic (exact) mass is 444 g/mol. The summed E-state index contributed by atoms with van der Waals surface area (Å²) in [5, 5.41) is 14.8. The van der Waals surface area contributed by atoms with Gasteiger partial charge < -0.3 is 14.7 Å². The highest BCUT2D eigenvalue weighted by Crippen LogP contribution is 2.27. The molecule has 33 heavy (non-hydrogen) atoms. The Balaban J connectivity index is 1.74. The number of hydrogen-bond donors (Lipinski definition) is 1. The van der Waals surface area contributed by atoms with E-state index in [2.05, 4.69) is 21.9 Å². The fourth-order valence-corrected chi connectivity index (χ4v) is 3.69. The van der Waals surface area contributed by atoms with E-state index in [-0.39, 0.29) is 18.7 Å². The summed E-state index contributed by atoms with van der Waals surface area (Å²) >= 11 is 0. The highest BCUT2D eigenvalue weighted by Gasteiger charge is 2.42. The number of nitrogens with zero attached hydrogens (tertiary/aromatic N) is 4. The van der Waals surface area contributed by atoms with Crippen LogP contribution in [0.2, 0.25) is 0 Å². The van der Waals surface area contributed by atoms with Gasteiger partial charge in [0.15, 0.2) is 0 Å². The Bertz CT molecular complexity index is 1290. The molecule has 0 unspecified atom stereocenters. The fourth-order valence-electron chi connectivity index (χ4n) is 3.69. The molecule has 3 heterocycles. The molecule has 1 N–H and O–H groups in total. The van der Waals surface area contributed by atoms with Crippen LogP contribution in [-0.2, 0) is 16.6 Å². The average molecular weight is 444 g/mol. The van der Waals surface area contributed by atoms with E-state index in [0.29, 0.717) is 17.8 Å². The van der Waals surface area contributed by atoms with Crippen LogP contribution in [0.25, 0.3) is 22.5 Å². The molecule has 8 nitrogen and oxygen atoms in total. The zero-order valence-electron chi connectivity index (χ0n) is 18.7. The highest BCUT2D eigenvalue weighted by molar-refractivity contribution is 5.91. The van der Waals surface area contributed by atoms with E-state index < -0.39 is 17.5 Å². The van der Waals surface area contributed by atoms with Gasteiger partial charge in [-0.2, -0.15) is 5.10 Å². The molecule has 1 amide bonds. The van der Waals surface area contributed by atoms with Gasteiger partial charge in [0.1, 0.15) is 5.69 Å². The molecule has 0 saturated carbocycles. The summed E-state index contributed by atoms with van der Waals surface area (Å²) in [6.07, 6.45) is 1.95. The van der Waals surface area contributed by atoms with Crippen LogP contribution in [-0.4, -0.2) is 62.4 Å². The Hall–Kier alpha value is -3.96. The summed E-state index contributed by atoms with van der Waals surface area (Å²) in [6, 6.07) is 12.7. The third-order valence-corrected chi connectivity index (χ3v) is 5.51. The lowest BCUT2D eigenvalue weighted by molar-refractivity contribution is -0.137. The minimum atomic E-state index is -1.67. The van der Waals surface area contributed by atoms with Crippen LogP contribution in [0.5, 0.6) is 0 Å². The third kappa shape index (κ3) is 4.49. The third-order valence-electron chi connectivity index (χ3n) is 5.51. The lowest BCUT2D eigenvalue weighted by Gasteiger charge is -2.13. The minimum absolute atomic E-state index is 0.191. The number of aliphatic hydroxyl groups is 1. The van der Waals surface area contributed by atoms with Crippen LogP contribution >= 0.6 is 0 Å². The van der Waals surface area contributed by atoms with Crippen molar-refractivity contribution in [1.82, 2.24) is 19.7 Å². The second kappa shape index (κ2) is 8.88. The molecular weight excluding hydrogens is 420 g/mol. The zero-order valence-corrected chi connectivity index (χ0v) is 18.7. The number of likely N-dealkylation sites (tertiary alicyclic amines) is 1. The van der Waals surface area contributed by atoms with Crippen molar-refractivity contribution in [3.05, 3.63) is 59.9 Å². The van der Waals surface area contributed by atoms with Gasteiger partial charge in [-0.05, 0) is 37.3 Å². The Morgan fingerprint density at radius 2 is 2.03 bits per heavy atom. The Labute approximate surface area is 191 Å². The Morgan fingerprint density at radius 1 is 1.21 bits per heavy atom. The van der Waals surface area contributed by atoms with Crippen LogP contribution in [0.4, 0.5) is 0 Å². The molecule has 1 saturated heterocycles. The van der Waals surface area contributed by atoms with Crippen molar-refractivity contribution in [2.24, 2.45) is 7.05 Å². The number of aryl methyl sites for hydroxylation is 1. The van der Waals surface area contributed by atoms with Crippen molar-refractivity contribution in [1.29, 1.82) is 0 Å². The fraction of sp³-hybridized carbons (Fsp3) is 0.280. The maximum atomic E-state index is 12.5. The van der Waals surface area contributed by atoms with Crippen LogP contribution in [0.1, 0.15) is 29.4 Å². The summed E-state index contributed by atoms with van der Waals surface area (Å²) < 4.78 is 6.88. The summed E-state index contributed by atoms with van der Waals surface area (Å²) in [5.74, 6) is 4.74. The maximum absolute atomic E-state index is 12.5. The van der Waals surface area contributed by atoms with Crippen LogP contribution in [0.3, 0.4) is 0 Å². The molecule has 1 atom stereocenters. The predicted octanol–water partition coefficient (Wildman–Crippen LogP) is 2.27. The molecule has 3 aromatic rings. The number of carbonyl (C=O) groups is 2. The molecule has 1 aliphatic rings. The van der Waals surface area contributed by atoms with E-state index in [0.717, 1.165) is 16.8 Å². The summed E-state index contributed by atoms with van der Waals surface area (Å²) in [4.78, 5) is 30.6. The van der Waals surface area contributed by atoms with Crippen molar-refractivity contribution in [2.75, 3.05) is 20.2 Å². The van der Waals surface area contributed by atoms with Crippen LogP contribution < -0.4 is 0 Å². The number of amides is 1. The summed E-state index contributed by atoms with van der Waals surface area (Å²) in [5.41, 5.74) is 2.04. The smallest absolute Gasteiger partial charge is 0.356 e. The summed E-state index contributed by atoms with van der Waals surface area (Å²) in [6.45, 7) is 2.45. The van der Waals surface area contributed by atoms with Gasteiger partial charge in [0.05, 0.1) is 18.0 Å². The number of aromatic nitrogens is 3. The van der Waals surface area contributed by atoms with Crippen molar-refractivity contribution in [2.45, 2.75) is 18.9 Å². The first-order valence-corrected chi connectivity index (χ1v) is 10.6. The first kappa shape index (κ1) is 22.2. The second-order valence-electron chi connectivity index (χ2n) is 7.85. The van der Waals surface area contributed by atoms with Crippen molar-refractivity contribution in [3.63, 3.8) is 0 Å². The topological polar surface area (TPSA) is 97.5 Å². The number of ether oxygens (including phenoxy) is 1. The van der Waals surface area contributed by atoms with Gasteiger partial charge in [-0.15, -0.1) is 0 Å². The molecule has 2 aromatic heterocycles. The molecule has 1 fully saturated rings. The minimum Gasteiger partial charge on any atom is -0.461 e. The molecule has 1 aliphatic heterocycles. The van der Waals surface area contributed by atoms with Crippen molar-refractivity contribution < 1.29 is 19.4 Å². The standard InChI is InChI=1S/C25H24N4O4/c1-4-33-23(30)21-16-19(22-9-12-26-29(22)3)15-20(27-21)18-7-5-6-17(14-18)8-10-25(32)11-13-28(2)24(25)31/h5-7,9,12,14-16,32H,4,11,13H2,1-3H3/t25-/m0/s1. The van der Waals surface area contributed by atoms with Gasteiger partial charge >= 0.3 is 5.97 Å². The van der Waals surface area contributed by atoms with Gasteiger partial charge in [-0.25, -0.2) is 9.78 Å². The van der Waals surface area contributed by atoms with E-state index in [1.165, 1.54) is 4.90 Å². The molecule has 1 aromatic carbocycles. The van der Waals surface area contributed by atoms with E-state index >= 15 is 0 Å².